The Labute approximate surface area is 133 Å². The molecule has 1 atom stereocenters. The van der Waals surface area contributed by atoms with Crippen LogP contribution in [0.4, 0.5) is 0 Å². The van der Waals surface area contributed by atoms with Gasteiger partial charge in [0.2, 0.25) is 0 Å². The molecular weight excluding hydrogens is 303 g/mol. The average molecular weight is 316 g/mol. The first kappa shape index (κ1) is 14.2. The third-order valence-corrected chi connectivity index (χ3v) is 3.99. The first-order valence-electron chi connectivity index (χ1n) is 6.63. The van der Waals surface area contributed by atoms with Gasteiger partial charge in [-0.3, -0.25) is 0 Å². The smallest absolute Gasteiger partial charge is 0.114 e. The summed E-state index contributed by atoms with van der Waals surface area (Å²) in [6.07, 6.45) is 3.10. The van der Waals surface area contributed by atoms with E-state index in [-0.39, 0.29) is 5.92 Å². The van der Waals surface area contributed by atoms with Crippen molar-refractivity contribution in [2.24, 2.45) is 0 Å². The van der Waals surface area contributed by atoms with Crippen molar-refractivity contribution in [2.75, 3.05) is 0 Å². The minimum Gasteiger partial charge on any atom is -0.340 e. The highest BCUT2D eigenvalue weighted by atomic mass is 35.5. The maximum atomic E-state index is 6.26. The highest BCUT2D eigenvalue weighted by molar-refractivity contribution is 6.35. The predicted octanol–water partition coefficient (Wildman–Crippen LogP) is 5.34. The molecule has 1 unspecified atom stereocenters. The molecule has 0 fully saturated rings. The molecule has 0 aliphatic heterocycles. The highest BCUT2D eigenvalue weighted by Crippen LogP contribution is 2.31. The van der Waals surface area contributed by atoms with Gasteiger partial charge in [-0.25, -0.2) is 4.98 Å². The van der Waals surface area contributed by atoms with Gasteiger partial charge in [-0.1, -0.05) is 66.5 Å². The van der Waals surface area contributed by atoms with Gasteiger partial charge in [-0.2, -0.15) is 0 Å². The lowest BCUT2D eigenvalue weighted by atomic mass is 10.0. The summed E-state index contributed by atoms with van der Waals surface area (Å²) in [4.78, 5) is 7.73. The van der Waals surface area contributed by atoms with E-state index in [0.29, 0.717) is 10.0 Å². The van der Waals surface area contributed by atoms with Crippen molar-refractivity contribution >= 4 is 23.2 Å². The number of benzene rings is 2. The first-order chi connectivity index (χ1) is 10.1. The van der Waals surface area contributed by atoms with Gasteiger partial charge >= 0.3 is 0 Å². The van der Waals surface area contributed by atoms with Gasteiger partial charge in [0.1, 0.15) is 5.82 Å². The topological polar surface area (TPSA) is 28.7 Å². The van der Waals surface area contributed by atoms with Crippen LogP contribution in [-0.4, -0.2) is 9.97 Å². The Balaban J connectivity index is 1.92. The minimum absolute atomic E-state index is 0.0449. The van der Waals surface area contributed by atoms with Crippen LogP contribution in [0.2, 0.25) is 10.0 Å². The number of H-pyrrole nitrogens is 1. The summed E-state index contributed by atoms with van der Waals surface area (Å²) in [5.74, 6) is 0.876. The minimum atomic E-state index is 0.0449. The van der Waals surface area contributed by atoms with Crippen LogP contribution in [0.5, 0.6) is 0 Å². The number of aromatic nitrogens is 2. The van der Waals surface area contributed by atoms with Crippen LogP contribution in [0.25, 0.3) is 11.3 Å². The molecule has 1 N–H and O–H groups in total. The molecule has 0 aliphatic carbocycles. The van der Waals surface area contributed by atoms with E-state index in [1.807, 2.05) is 42.5 Å². The molecule has 0 saturated heterocycles. The Morgan fingerprint density at radius 3 is 2.57 bits per heavy atom. The lowest BCUT2D eigenvalue weighted by Gasteiger charge is -2.11. The Bertz CT molecular complexity index is 750. The maximum Gasteiger partial charge on any atom is 0.114 e. The number of aromatic amines is 1. The SMILES string of the molecule is CC(c1nc(-c2ccccc2)[c][nH]1)c1ccc(Cl)cc1Cl. The summed E-state index contributed by atoms with van der Waals surface area (Å²) < 4.78 is 0. The summed E-state index contributed by atoms with van der Waals surface area (Å²) in [7, 11) is 0. The van der Waals surface area contributed by atoms with Gasteiger partial charge in [0.05, 0.1) is 11.9 Å². The number of nitrogens with one attached hydrogen (secondary N) is 1. The summed E-state index contributed by atoms with van der Waals surface area (Å²) in [6, 6.07) is 15.5. The van der Waals surface area contributed by atoms with Crippen molar-refractivity contribution in [1.82, 2.24) is 9.97 Å². The Kier molecular flexibility index (Phi) is 4.00. The number of halogens is 2. The summed E-state index contributed by atoms with van der Waals surface area (Å²) >= 11 is 12.2. The standard InChI is InChI=1S/C17H13Cl2N2/c1-11(14-8-7-13(18)9-15(14)19)17-20-10-16(21-17)12-5-3-2-4-6-12/h2-9,11H,1H3,(H,20,21). The van der Waals surface area contributed by atoms with Gasteiger partial charge in [0.25, 0.3) is 0 Å². The molecule has 2 aromatic carbocycles. The molecule has 0 spiro atoms. The van der Waals surface area contributed by atoms with E-state index in [0.717, 1.165) is 22.6 Å². The van der Waals surface area contributed by atoms with E-state index >= 15 is 0 Å². The van der Waals surface area contributed by atoms with Crippen LogP contribution in [-0.2, 0) is 0 Å². The van der Waals surface area contributed by atoms with Crippen LogP contribution < -0.4 is 0 Å². The summed E-state index contributed by atoms with van der Waals surface area (Å²) in [5.41, 5.74) is 2.83. The van der Waals surface area contributed by atoms with Crippen LogP contribution in [0, 0.1) is 6.20 Å². The normalized spacial score (nSPS) is 12.3. The summed E-state index contributed by atoms with van der Waals surface area (Å²) in [5, 5.41) is 1.28. The zero-order valence-corrected chi connectivity index (χ0v) is 12.9. The fourth-order valence-corrected chi connectivity index (χ4v) is 2.81. The summed E-state index contributed by atoms with van der Waals surface area (Å²) in [6.45, 7) is 2.05. The van der Waals surface area contributed by atoms with Gasteiger partial charge in [0.15, 0.2) is 0 Å². The van der Waals surface area contributed by atoms with Crippen LogP contribution in [0.1, 0.15) is 24.2 Å². The van der Waals surface area contributed by atoms with E-state index in [4.69, 9.17) is 23.2 Å². The van der Waals surface area contributed by atoms with Crippen LogP contribution >= 0.6 is 23.2 Å². The molecule has 2 nitrogen and oxygen atoms in total. The molecule has 3 aromatic rings. The Morgan fingerprint density at radius 2 is 1.86 bits per heavy atom. The lowest BCUT2D eigenvalue weighted by Crippen LogP contribution is -1.99. The van der Waals surface area contributed by atoms with Crippen molar-refractivity contribution in [3.63, 3.8) is 0 Å². The zero-order chi connectivity index (χ0) is 14.8. The Morgan fingerprint density at radius 1 is 1.10 bits per heavy atom. The molecule has 3 rings (SSSR count). The largest absolute Gasteiger partial charge is 0.340 e. The van der Waals surface area contributed by atoms with E-state index in [9.17, 15) is 0 Å². The van der Waals surface area contributed by atoms with Crippen molar-refractivity contribution < 1.29 is 0 Å². The van der Waals surface area contributed by atoms with Crippen LogP contribution in [0.15, 0.2) is 48.5 Å². The van der Waals surface area contributed by atoms with E-state index in [2.05, 4.69) is 23.1 Å². The second-order valence-electron chi connectivity index (χ2n) is 4.85. The third-order valence-electron chi connectivity index (χ3n) is 3.43. The fraction of sp³-hybridized carbons (Fsp3) is 0.118. The number of imidazole rings is 1. The van der Waals surface area contributed by atoms with Crippen molar-refractivity contribution in [1.29, 1.82) is 0 Å². The highest BCUT2D eigenvalue weighted by Gasteiger charge is 2.16. The van der Waals surface area contributed by atoms with Gasteiger partial charge < -0.3 is 4.98 Å². The number of rotatable bonds is 3. The van der Waals surface area contributed by atoms with Crippen molar-refractivity contribution in [3.05, 3.63) is 76.2 Å². The molecule has 105 valence electrons. The van der Waals surface area contributed by atoms with Gasteiger partial charge in [-0.15, -0.1) is 0 Å². The predicted molar refractivity (Wildman–Crippen MR) is 86.8 cm³/mol. The molecular formula is C17H13Cl2N2. The molecule has 1 aromatic heterocycles. The molecule has 0 bridgehead atoms. The second-order valence-corrected chi connectivity index (χ2v) is 5.69. The number of nitrogens with zero attached hydrogens (tertiary/aromatic N) is 1. The number of hydrogen-bond acceptors (Lipinski definition) is 1. The van der Waals surface area contributed by atoms with Gasteiger partial charge in [-0.05, 0) is 17.7 Å². The van der Waals surface area contributed by atoms with Crippen molar-refractivity contribution in [2.45, 2.75) is 12.8 Å². The quantitative estimate of drug-likeness (QED) is 0.694. The second kappa shape index (κ2) is 5.92. The van der Waals surface area contributed by atoms with Crippen LogP contribution in [0.3, 0.4) is 0 Å². The maximum absolute atomic E-state index is 6.26. The molecule has 4 heteroatoms. The monoisotopic (exact) mass is 315 g/mol. The third kappa shape index (κ3) is 2.97. The fourth-order valence-electron chi connectivity index (χ4n) is 2.24. The van der Waals surface area contributed by atoms with Crippen molar-refractivity contribution in [3.8, 4) is 11.3 Å². The molecule has 1 heterocycles. The lowest BCUT2D eigenvalue weighted by molar-refractivity contribution is 0.840. The molecule has 0 amide bonds. The molecule has 21 heavy (non-hydrogen) atoms. The van der Waals surface area contributed by atoms with Gasteiger partial charge in [0, 0.05) is 21.5 Å². The van der Waals surface area contributed by atoms with E-state index in [1.165, 1.54) is 0 Å². The van der Waals surface area contributed by atoms with E-state index < -0.39 is 0 Å². The first-order valence-corrected chi connectivity index (χ1v) is 7.38. The Hall–Kier alpha value is -1.77. The molecule has 1 radical (unpaired) electrons. The molecule has 0 aliphatic rings. The zero-order valence-electron chi connectivity index (χ0n) is 11.4. The number of hydrogen-bond donors (Lipinski definition) is 1. The average Bonchev–Trinajstić information content (AvgIpc) is 2.97. The molecule has 0 saturated carbocycles. The van der Waals surface area contributed by atoms with E-state index in [1.54, 1.807) is 6.07 Å².